The Morgan fingerprint density at radius 3 is 1.25 bits per heavy atom. The summed E-state index contributed by atoms with van der Waals surface area (Å²) >= 11 is 0. The van der Waals surface area contributed by atoms with Crippen molar-refractivity contribution in [3.63, 3.8) is 0 Å². The number of benzene rings is 2. The van der Waals surface area contributed by atoms with Crippen molar-refractivity contribution in [3.8, 4) is 11.1 Å². The van der Waals surface area contributed by atoms with Gasteiger partial charge in [0.15, 0.2) is 0 Å². The summed E-state index contributed by atoms with van der Waals surface area (Å²) in [7, 11) is -7.38. The van der Waals surface area contributed by atoms with Crippen LogP contribution in [0, 0.1) is 0 Å². The van der Waals surface area contributed by atoms with Crippen LogP contribution in [0.3, 0.4) is 0 Å². The van der Waals surface area contributed by atoms with Gasteiger partial charge >= 0.3 is 0 Å². The standard InChI is InChI=1S/C22H20N2O6S2/c25-31(26,23-15-19-3-1-13-29-19)21-9-5-17(6-10-21)18-7-11-22(12-8-18)32(27,28)24-16-20-4-2-14-30-20/h1-14,23-24H,15-16H2. The number of hydrogen-bond donors (Lipinski definition) is 2. The molecule has 8 nitrogen and oxygen atoms in total. The molecule has 2 N–H and O–H groups in total. The fourth-order valence-corrected chi connectivity index (χ4v) is 4.97. The van der Waals surface area contributed by atoms with E-state index in [4.69, 9.17) is 8.83 Å². The van der Waals surface area contributed by atoms with Crippen LogP contribution in [0.4, 0.5) is 0 Å². The highest BCUT2D eigenvalue weighted by Gasteiger charge is 2.16. The lowest BCUT2D eigenvalue weighted by Crippen LogP contribution is -2.23. The Hall–Kier alpha value is -3.18. The second-order valence-corrected chi connectivity index (χ2v) is 10.4. The summed E-state index contributed by atoms with van der Waals surface area (Å²) < 4.78 is 65.0. The normalized spacial score (nSPS) is 12.1. The van der Waals surface area contributed by atoms with Gasteiger partial charge in [-0.25, -0.2) is 26.3 Å². The molecule has 0 bridgehead atoms. The lowest BCUT2D eigenvalue weighted by molar-refractivity contribution is 0.498. The SMILES string of the molecule is O=S(=O)(NCc1ccco1)c1ccc(-c2ccc(S(=O)(=O)NCc3ccco3)cc2)cc1. The predicted molar refractivity (Wildman–Crippen MR) is 117 cm³/mol. The molecule has 166 valence electrons. The van der Waals surface area contributed by atoms with Gasteiger partial charge in [0.2, 0.25) is 20.0 Å². The molecule has 0 aliphatic heterocycles. The van der Waals surface area contributed by atoms with E-state index in [1.54, 1.807) is 48.5 Å². The summed E-state index contributed by atoms with van der Waals surface area (Å²) in [4.78, 5) is 0.239. The maximum Gasteiger partial charge on any atom is 0.240 e. The average Bonchev–Trinajstić information content (AvgIpc) is 3.51. The zero-order chi connectivity index (χ0) is 22.6. The largest absolute Gasteiger partial charge is 0.468 e. The zero-order valence-electron chi connectivity index (χ0n) is 16.8. The average molecular weight is 473 g/mol. The van der Waals surface area contributed by atoms with Crippen molar-refractivity contribution in [1.29, 1.82) is 0 Å². The Balaban J connectivity index is 1.43. The summed E-state index contributed by atoms with van der Waals surface area (Å²) in [6.45, 7) is 0.113. The lowest BCUT2D eigenvalue weighted by Gasteiger charge is -2.09. The first kappa shape index (κ1) is 22.0. The molecule has 0 fully saturated rings. The molecule has 32 heavy (non-hydrogen) atoms. The molecular formula is C22H20N2O6S2. The molecule has 0 unspecified atom stereocenters. The second-order valence-electron chi connectivity index (χ2n) is 6.86. The summed E-state index contributed by atoms with van der Waals surface area (Å²) in [5, 5.41) is 0. The fraction of sp³-hybridized carbons (Fsp3) is 0.0909. The van der Waals surface area contributed by atoms with E-state index in [0.717, 1.165) is 11.1 Å². The molecule has 2 heterocycles. The van der Waals surface area contributed by atoms with Gasteiger partial charge in [-0.3, -0.25) is 0 Å². The molecule has 0 radical (unpaired) electrons. The van der Waals surface area contributed by atoms with Gasteiger partial charge in [0.25, 0.3) is 0 Å². The van der Waals surface area contributed by atoms with Crippen LogP contribution in [0.1, 0.15) is 11.5 Å². The highest BCUT2D eigenvalue weighted by atomic mass is 32.2. The summed E-state index contributed by atoms with van der Waals surface area (Å²) in [5.74, 6) is 1.03. The minimum Gasteiger partial charge on any atom is -0.468 e. The Morgan fingerprint density at radius 2 is 0.938 bits per heavy atom. The zero-order valence-corrected chi connectivity index (χ0v) is 18.4. The third-order valence-corrected chi connectivity index (χ3v) is 7.53. The number of furan rings is 2. The Morgan fingerprint density at radius 1 is 0.562 bits per heavy atom. The van der Waals surface area contributed by atoms with E-state index in [0.29, 0.717) is 11.5 Å². The molecule has 0 aliphatic carbocycles. The second kappa shape index (κ2) is 9.13. The number of sulfonamides is 2. The van der Waals surface area contributed by atoms with Gasteiger partial charge in [0.05, 0.1) is 35.4 Å². The van der Waals surface area contributed by atoms with Crippen LogP contribution in [0.2, 0.25) is 0 Å². The van der Waals surface area contributed by atoms with E-state index in [1.807, 2.05) is 0 Å². The van der Waals surface area contributed by atoms with Crippen molar-refractivity contribution in [2.45, 2.75) is 22.9 Å². The summed E-state index contributed by atoms with van der Waals surface area (Å²) in [6.07, 6.45) is 2.95. The monoisotopic (exact) mass is 472 g/mol. The van der Waals surface area contributed by atoms with Crippen molar-refractivity contribution in [3.05, 3.63) is 96.8 Å². The molecule has 2 aromatic carbocycles. The van der Waals surface area contributed by atoms with Crippen molar-refractivity contribution >= 4 is 20.0 Å². The van der Waals surface area contributed by atoms with E-state index in [1.165, 1.54) is 36.8 Å². The van der Waals surface area contributed by atoms with E-state index in [-0.39, 0.29) is 22.9 Å². The third kappa shape index (κ3) is 5.17. The maximum absolute atomic E-state index is 12.4. The van der Waals surface area contributed by atoms with Crippen molar-refractivity contribution in [2.75, 3.05) is 0 Å². The van der Waals surface area contributed by atoms with Crippen molar-refractivity contribution in [1.82, 2.24) is 9.44 Å². The molecule has 4 rings (SSSR count). The number of nitrogens with one attached hydrogen (secondary N) is 2. The molecule has 0 saturated carbocycles. The molecule has 0 saturated heterocycles. The van der Waals surface area contributed by atoms with Gasteiger partial charge in [0, 0.05) is 0 Å². The molecular weight excluding hydrogens is 452 g/mol. The third-order valence-electron chi connectivity index (χ3n) is 4.70. The molecule has 0 amide bonds. The molecule has 10 heteroatoms. The van der Waals surface area contributed by atoms with Crippen LogP contribution in [0.25, 0.3) is 11.1 Å². The minimum atomic E-state index is -3.69. The molecule has 0 spiro atoms. The van der Waals surface area contributed by atoms with Crippen LogP contribution < -0.4 is 9.44 Å². The maximum atomic E-state index is 12.4. The summed E-state index contributed by atoms with van der Waals surface area (Å²) in [6, 6.07) is 19.4. The van der Waals surface area contributed by atoms with Gasteiger partial charge in [-0.1, -0.05) is 24.3 Å². The highest BCUT2D eigenvalue weighted by molar-refractivity contribution is 7.89. The lowest BCUT2D eigenvalue weighted by atomic mass is 10.1. The van der Waals surface area contributed by atoms with Crippen molar-refractivity contribution < 1.29 is 25.7 Å². The van der Waals surface area contributed by atoms with Crippen LogP contribution >= 0.6 is 0 Å². The number of hydrogen-bond acceptors (Lipinski definition) is 6. The van der Waals surface area contributed by atoms with E-state index in [9.17, 15) is 16.8 Å². The first-order valence-corrected chi connectivity index (χ1v) is 12.5. The minimum absolute atomic E-state index is 0.0565. The Bertz CT molecular complexity index is 1250. The summed E-state index contributed by atoms with van der Waals surface area (Å²) in [5.41, 5.74) is 1.50. The smallest absolute Gasteiger partial charge is 0.240 e. The van der Waals surface area contributed by atoms with Crippen LogP contribution in [-0.2, 0) is 33.1 Å². The Labute approximate surface area is 186 Å². The topological polar surface area (TPSA) is 119 Å². The van der Waals surface area contributed by atoms with Gasteiger partial charge in [-0.15, -0.1) is 0 Å². The predicted octanol–water partition coefficient (Wildman–Crippen LogP) is 3.50. The fourth-order valence-electron chi connectivity index (χ4n) is 2.98. The van der Waals surface area contributed by atoms with E-state index >= 15 is 0 Å². The molecule has 4 aromatic rings. The molecule has 0 atom stereocenters. The van der Waals surface area contributed by atoms with Crippen molar-refractivity contribution in [2.24, 2.45) is 0 Å². The van der Waals surface area contributed by atoms with Gasteiger partial charge in [-0.2, -0.15) is 0 Å². The highest BCUT2D eigenvalue weighted by Crippen LogP contribution is 2.23. The van der Waals surface area contributed by atoms with Gasteiger partial charge < -0.3 is 8.83 Å². The Kier molecular flexibility index (Phi) is 6.28. The first-order valence-electron chi connectivity index (χ1n) is 9.58. The molecule has 0 aliphatic rings. The number of rotatable bonds is 9. The van der Waals surface area contributed by atoms with Gasteiger partial charge in [-0.05, 0) is 59.7 Å². The van der Waals surface area contributed by atoms with Crippen LogP contribution in [-0.4, -0.2) is 16.8 Å². The van der Waals surface area contributed by atoms with Crippen LogP contribution in [0.15, 0.2) is 104 Å². The van der Waals surface area contributed by atoms with E-state index in [2.05, 4.69) is 9.44 Å². The molecule has 2 aromatic heterocycles. The van der Waals surface area contributed by atoms with Crippen LogP contribution in [0.5, 0.6) is 0 Å². The van der Waals surface area contributed by atoms with E-state index < -0.39 is 20.0 Å². The van der Waals surface area contributed by atoms with Gasteiger partial charge in [0.1, 0.15) is 11.5 Å². The quantitative estimate of drug-likeness (QED) is 0.385. The first-order chi connectivity index (χ1) is 15.3.